The van der Waals surface area contributed by atoms with Gasteiger partial charge in [-0.3, -0.25) is 4.90 Å². The maximum Gasteiger partial charge on any atom is 0.168 e. The highest BCUT2D eigenvalue weighted by molar-refractivity contribution is 4.97. The third-order valence-corrected chi connectivity index (χ3v) is 5.60. The monoisotopic (exact) mass is 335 g/mol. The van der Waals surface area contributed by atoms with Crippen molar-refractivity contribution in [1.29, 1.82) is 0 Å². The van der Waals surface area contributed by atoms with Crippen molar-refractivity contribution < 1.29 is 9.47 Å². The van der Waals surface area contributed by atoms with E-state index < -0.39 is 0 Å². The minimum Gasteiger partial charge on any atom is -0.376 e. The van der Waals surface area contributed by atoms with Gasteiger partial charge in [0.15, 0.2) is 5.82 Å². The quantitative estimate of drug-likeness (QED) is 0.793. The van der Waals surface area contributed by atoms with Gasteiger partial charge in [0.25, 0.3) is 0 Å². The van der Waals surface area contributed by atoms with E-state index in [0.717, 1.165) is 51.4 Å². The molecule has 0 radical (unpaired) electrons. The minimum absolute atomic E-state index is 0.281. The second kappa shape index (κ2) is 7.45. The Morgan fingerprint density at radius 2 is 2.00 bits per heavy atom. The molecule has 7 heteroatoms. The van der Waals surface area contributed by atoms with Gasteiger partial charge in [0, 0.05) is 19.7 Å². The molecule has 3 fully saturated rings. The van der Waals surface area contributed by atoms with Crippen LogP contribution in [0.15, 0.2) is 0 Å². The van der Waals surface area contributed by atoms with Crippen LogP contribution in [0, 0.1) is 0 Å². The molecule has 2 aliphatic heterocycles. The normalized spacial score (nSPS) is 28.1. The number of piperidine rings is 1. The van der Waals surface area contributed by atoms with Crippen molar-refractivity contribution in [3.05, 3.63) is 5.82 Å². The van der Waals surface area contributed by atoms with E-state index in [-0.39, 0.29) is 6.04 Å². The molecule has 1 saturated carbocycles. The minimum atomic E-state index is 0.281. The molecule has 0 unspecified atom stereocenters. The Morgan fingerprint density at radius 1 is 1.17 bits per heavy atom. The van der Waals surface area contributed by atoms with Crippen LogP contribution in [0.3, 0.4) is 0 Å². The molecule has 0 amide bonds. The molecule has 1 aromatic rings. The van der Waals surface area contributed by atoms with Crippen LogP contribution in [0.25, 0.3) is 0 Å². The highest BCUT2D eigenvalue weighted by atomic mass is 16.5. The predicted molar refractivity (Wildman–Crippen MR) is 88.6 cm³/mol. The van der Waals surface area contributed by atoms with E-state index in [9.17, 15) is 0 Å². The second-order valence-corrected chi connectivity index (χ2v) is 7.45. The molecule has 24 heavy (non-hydrogen) atoms. The van der Waals surface area contributed by atoms with Crippen LogP contribution in [-0.4, -0.2) is 63.6 Å². The largest absolute Gasteiger partial charge is 0.376 e. The SMILES string of the molecule is C[C@H](c1nnnn1C1CC1)N1CCC(OC[C@H]2CCCCO2)CC1. The average Bonchev–Trinajstić information content (AvgIpc) is 3.37. The van der Waals surface area contributed by atoms with E-state index in [1.165, 1.54) is 25.7 Å². The summed E-state index contributed by atoms with van der Waals surface area (Å²) in [5.74, 6) is 1.02. The summed E-state index contributed by atoms with van der Waals surface area (Å²) in [6.45, 7) is 5.99. The summed E-state index contributed by atoms with van der Waals surface area (Å²) >= 11 is 0. The molecular weight excluding hydrogens is 306 g/mol. The molecule has 0 spiro atoms. The second-order valence-electron chi connectivity index (χ2n) is 7.45. The van der Waals surface area contributed by atoms with Crippen molar-refractivity contribution in [3.63, 3.8) is 0 Å². The van der Waals surface area contributed by atoms with Gasteiger partial charge < -0.3 is 9.47 Å². The van der Waals surface area contributed by atoms with Gasteiger partial charge in [-0.05, 0) is 62.3 Å². The van der Waals surface area contributed by atoms with Gasteiger partial charge in [0.2, 0.25) is 0 Å². The number of rotatable bonds is 6. The zero-order valence-corrected chi connectivity index (χ0v) is 14.6. The third kappa shape index (κ3) is 3.78. The fourth-order valence-corrected chi connectivity index (χ4v) is 3.83. The first kappa shape index (κ1) is 16.4. The van der Waals surface area contributed by atoms with Gasteiger partial charge in [-0.2, -0.15) is 0 Å². The van der Waals surface area contributed by atoms with Crippen molar-refractivity contribution >= 4 is 0 Å². The highest BCUT2D eigenvalue weighted by Gasteiger charge is 2.32. The van der Waals surface area contributed by atoms with Gasteiger partial charge in [0.05, 0.1) is 30.9 Å². The number of aromatic nitrogens is 4. The van der Waals surface area contributed by atoms with E-state index >= 15 is 0 Å². The summed E-state index contributed by atoms with van der Waals surface area (Å²) < 4.78 is 13.9. The van der Waals surface area contributed by atoms with Gasteiger partial charge >= 0.3 is 0 Å². The molecule has 3 heterocycles. The lowest BCUT2D eigenvalue weighted by Crippen LogP contribution is -2.40. The van der Waals surface area contributed by atoms with E-state index in [2.05, 4.69) is 27.3 Å². The topological polar surface area (TPSA) is 65.3 Å². The number of likely N-dealkylation sites (tertiary alicyclic amines) is 1. The maximum absolute atomic E-state index is 6.12. The molecule has 2 saturated heterocycles. The van der Waals surface area contributed by atoms with E-state index in [1.54, 1.807) is 0 Å². The van der Waals surface area contributed by atoms with Crippen LogP contribution in [-0.2, 0) is 9.47 Å². The predicted octanol–water partition coefficient (Wildman–Crippen LogP) is 2.12. The first-order valence-electron chi connectivity index (χ1n) is 9.56. The summed E-state index contributed by atoms with van der Waals surface area (Å²) in [5.41, 5.74) is 0. The summed E-state index contributed by atoms with van der Waals surface area (Å²) in [5, 5.41) is 12.4. The van der Waals surface area contributed by atoms with Crippen molar-refractivity contribution in [3.8, 4) is 0 Å². The van der Waals surface area contributed by atoms with Crippen molar-refractivity contribution in [2.45, 2.75) is 76.2 Å². The molecule has 4 rings (SSSR count). The lowest BCUT2D eigenvalue weighted by Gasteiger charge is -2.36. The first-order valence-corrected chi connectivity index (χ1v) is 9.56. The Morgan fingerprint density at radius 3 is 2.71 bits per heavy atom. The third-order valence-electron chi connectivity index (χ3n) is 5.60. The zero-order valence-electron chi connectivity index (χ0n) is 14.6. The molecule has 7 nitrogen and oxygen atoms in total. The van der Waals surface area contributed by atoms with Crippen molar-refractivity contribution in [1.82, 2.24) is 25.1 Å². The Balaban J connectivity index is 1.24. The number of hydrogen-bond donors (Lipinski definition) is 0. The average molecular weight is 335 g/mol. The van der Waals surface area contributed by atoms with Crippen LogP contribution in [0.2, 0.25) is 0 Å². The number of ether oxygens (including phenoxy) is 2. The molecule has 3 aliphatic rings. The molecule has 134 valence electrons. The Bertz CT molecular complexity index is 519. The lowest BCUT2D eigenvalue weighted by atomic mass is 10.1. The molecule has 0 N–H and O–H groups in total. The summed E-state index contributed by atoms with van der Waals surface area (Å²) in [6.07, 6.45) is 8.92. The highest BCUT2D eigenvalue weighted by Crippen LogP contribution is 2.36. The Labute approximate surface area is 143 Å². The van der Waals surface area contributed by atoms with Crippen LogP contribution in [0.1, 0.15) is 69.8 Å². The molecule has 1 aliphatic carbocycles. The van der Waals surface area contributed by atoms with Gasteiger partial charge in [-0.1, -0.05) is 0 Å². The summed E-state index contributed by atoms with van der Waals surface area (Å²) in [7, 11) is 0. The van der Waals surface area contributed by atoms with Crippen LogP contribution in [0.5, 0.6) is 0 Å². The first-order chi connectivity index (χ1) is 11.8. The van der Waals surface area contributed by atoms with Crippen LogP contribution in [0.4, 0.5) is 0 Å². The van der Waals surface area contributed by atoms with Crippen molar-refractivity contribution in [2.24, 2.45) is 0 Å². The maximum atomic E-state index is 6.12. The fourth-order valence-electron chi connectivity index (χ4n) is 3.83. The summed E-state index contributed by atoms with van der Waals surface area (Å²) in [6, 6.07) is 0.817. The van der Waals surface area contributed by atoms with Gasteiger partial charge in [-0.15, -0.1) is 5.10 Å². The van der Waals surface area contributed by atoms with Gasteiger partial charge in [0.1, 0.15) is 0 Å². The van der Waals surface area contributed by atoms with E-state index in [0.29, 0.717) is 18.2 Å². The fraction of sp³-hybridized carbons (Fsp3) is 0.941. The van der Waals surface area contributed by atoms with Crippen LogP contribution >= 0.6 is 0 Å². The number of tetrazole rings is 1. The van der Waals surface area contributed by atoms with Crippen LogP contribution < -0.4 is 0 Å². The summed E-state index contributed by atoms with van der Waals surface area (Å²) in [4.78, 5) is 2.49. The Kier molecular flexibility index (Phi) is 5.10. The lowest BCUT2D eigenvalue weighted by molar-refractivity contribution is -0.0771. The molecule has 0 aromatic carbocycles. The zero-order chi connectivity index (χ0) is 16.4. The molecule has 2 atom stereocenters. The molecule has 0 bridgehead atoms. The standard InChI is InChI=1S/C17H29N5O2/c1-13(17-18-19-20-22(17)14-5-6-14)21-9-7-15(8-10-21)24-12-16-4-2-3-11-23-16/h13-16H,2-12H2,1H3/t13-,16-/m1/s1. The van der Waals surface area contributed by atoms with E-state index in [4.69, 9.17) is 9.47 Å². The number of nitrogens with zero attached hydrogens (tertiary/aromatic N) is 5. The molecular formula is C17H29N5O2. The van der Waals surface area contributed by atoms with Gasteiger partial charge in [-0.25, -0.2) is 4.68 Å². The van der Waals surface area contributed by atoms with E-state index in [1.807, 2.05) is 4.68 Å². The molecule has 1 aromatic heterocycles. The smallest absolute Gasteiger partial charge is 0.168 e. The Hall–Kier alpha value is -1.05. The number of hydrogen-bond acceptors (Lipinski definition) is 6. The van der Waals surface area contributed by atoms with Crippen molar-refractivity contribution in [2.75, 3.05) is 26.3 Å².